The molecule has 1 N–H and O–H groups in total. The monoisotopic (exact) mass is 241 g/mol. The van der Waals surface area contributed by atoms with Gasteiger partial charge in [0.25, 0.3) is 0 Å². The second kappa shape index (κ2) is 7.00. The lowest BCUT2D eigenvalue weighted by atomic mass is 9.97. The summed E-state index contributed by atoms with van der Waals surface area (Å²) in [5.41, 5.74) is 0. The van der Waals surface area contributed by atoms with Gasteiger partial charge in [-0.25, -0.2) is 0 Å². The number of carbonyl (C=O) groups excluding carboxylic acids is 1. The lowest BCUT2D eigenvalue weighted by molar-refractivity contribution is -0.143. The maximum atomic E-state index is 11.7. The van der Waals surface area contributed by atoms with Crippen LogP contribution >= 0.6 is 0 Å². The van der Waals surface area contributed by atoms with Crippen molar-refractivity contribution in [1.82, 2.24) is 5.32 Å². The topological polar surface area (TPSA) is 38.3 Å². The Kier molecular flexibility index (Phi) is 5.96. The van der Waals surface area contributed by atoms with Gasteiger partial charge in [-0.1, -0.05) is 33.6 Å². The van der Waals surface area contributed by atoms with E-state index >= 15 is 0 Å². The van der Waals surface area contributed by atoms with Crippen molar-refractivity contribution in [3.05, 3.63) is 0 Å². The third-order valence-corrected chi connectivity index (χ3v) is 4.21. The summed E-state index contributed by atoms with van der Waals surface area (Å²) in [5, 5.41) is 3.51. The summed E-state index contributed by atoms with van der Waals surface area (Å²) in [6.45, 7) is 6.73. The zero-order chi connectivity index (χ0) is 12.8. The van der Waals surface area contributed by atoms with Gasteiger partial charge in [-0.05, 0) is 31.1 Å². The van der Waals surface area contributed by atoms with Crippen LogP contribution in [-0.4, -0.2) is 25.2 Å². The first-order valence-electron chi connectivity index (χ1n) is 6.94. The number of unbranched alkanes of at least 4 members (excludes halogenated alkanes) is 1. The minimum absolute atomic E-state index is 0.106. The van der Waals surface area contributed by atoms with E-state index in [-0.39, 0.29) is 12.0 Å². The highest BCUT2D eigenvalue weighted by molar-refractivity contribution is 5.75. The first kappa shape index (κ1) is 14.5. The van der Waals surface area contributed by atoms with Crippen molar-refractivity contribution < 1.29 is 9.53 Å². The van der Waals surface area contributed by atoms with Crippen molar-refractivity contribution in [2.75, 3.05) is 7.11 Å². The van der Waals surface area contributed by atoms with Gasteiger partial charge in [0.05, 0.1) is 7.11 Å². The van der Waals surface area contributed by atoms with E-state index in [2.05, 4.69) is 26.1 Å². The Bertz CT molecular complexity index is 242. The maximum Gasteiger partial charge on any atom is 0.322 e. The summed E-state index contributed by atoms with van der Waals surface area (Å²) in [5.74, 6) is 1.31. The number of carbonyl (C=O) groups is 1. The van der Waals surface area contributed by atoms with Gasteiger partial charge < -0.3 is 10.1 Å². The number of rotatable bonds is 6. The molecule has 4 atom stereocenters. The van der Waals surface area contributed by atoms with Crippen molar-refractivity contribution >= 4 is 5.97 Å². The molecule has 0 spiro atoms. The lowest BCUT2D eigenvalue weighted by Gasteiger charge is -2.25. The Morgan fingerprint density at radius 3 is 2.59 bits per heavy atom. The third kappa shape index (κ3) is 3.98. The maximum absolute atomic E-state index is 11.7. The summed E-state index contributed by atoms with van der Waals surface area (Å²) >= 11 is 0. The van der Waals surface area contributed by atoms with Crippen LogP contribution in [0.4, 0.5) is 0 Å². The molecule has 1 aliphatic rings. The highest BCUT2D eigenvalue weighted by atomic mass is 16.5. The molecule has 3 nitrogen and oxygen atoms in total. The van der Waals surface area contributed by atoms with Crippen molar-refractivity contribution in [2.24, 2.45) is 11.8 Å². The molecule has 0 saturated heterocycles. The van der Waals surface area contributed by atoms with Crippen LogP contribution in [0.2, 0.25) is 0 Å². The number of hydrogen-bond donors (Lipinski definition) is 1. The van der Waals surface area contributed by atoms with Gasteiger partial charge >= 0.3 is 5.97 Å². The fraction of sp³-hybridized carbons (Fsp3) is 0.929. The van der Waals surface area contributed by atoms with Gasteiger partial charge in [-0.15, -0.1) is 0 Å². The second-order valence-electron chi connectivity index (χ2n) is 5.40. The van der Waals surface area contributed by atoms with Crippen LogP contribution in [0, 0.1) is 11.8 Å². The van der Waals surface area contributed by atoms with Gasteiger partial charge in [0.2, 0.25) is 0 Å². The van der Waals surface area contributed by atoms with E-state index in [0.29, 0.717) is 12.0 Å². The van der Waals surface area contributed by atoms with Gasteiger partial charge in [0.15, 0.2) is 0 Å². The molecule has 0 aromatic rings. The largest absolute Gasteiger partial charge is 0.468 e. The molecule has 0 aliphatic heterocycles. The summed E-state index contributed by atoms with van der Waals surface area (Å²) < 4.78 is 4.88. The summed E-state index contributed by atoms with van der Waals surface area (Å²) in [7, 11) is 1.48. The Hall–Kier alpha value is -0.570. The molecule has 17 heavy (non-hydrogen) atoms. The SMILES string of the molecule is CCCCC(NC1CCC(C)C1C)C(=O)OC. The van der Waals surface area contributed by atoms with E-state index in [1.54, 1.807) is 0 Å². The molecule has 1 fully saturated rings. The van der Waals surface area contributed by atoms with Crippen molar-refractivity contribution in [2.45, 2.75) is 65.0 Å². The molecule has 1 saturated carbocycles. The van der Waals surface area contributed by atoms with Gasteiger partial charge in [-0.2, -0.15) is 0 Å². The molecule has 0 amide bonds. The molecule has 1 aliphatic carbocycles. The van der Waals surface area contributed by atoms with E-state index in [1.807, 2.05) is 0 Å². The highest BCUT2D eigenvalue weighted by Crippen LogP contribution is 2.31. The smallest absolute Gasteiger partial charge is 0.322 e. The summed E-state index contributed by atoms with van der Waals surface area (Å²) in [6.07, 6.45) is 5.53. The van der Waals surface area contributed by atoms with Crippen LogP contribution in [0.3, 0.4) is 0 Å². The van der Waals surface area contributed by atoms with Crippen molar-refractivity contribution in [3.63, 3.8) is 0 Å². The molecule has 3 heteroatoms. The Balaban J connectivity index is 2.50. The van der Waals surface area contributed by atoms with E-state index in [4.69, 9.17) is 4.74 Å². The first-order valence-corrected chi connectivity index (χ1v) is 6.94. The highest BCUT2D eigenvalue weighted by Gasteiger charge is 2.32. The summed E-state index contributed by atoms with van der Waals surface area (Å²) in [6, 6.07) is 0.364. The minimum Gasteiger partial charge on any atom is -0.468 e. The van der Waals surface area contributed by atoms with Crippen LogP contribution in [-0.2, 0) is 9.53 Å². The molecule has 100 valence electrons. The standard InChI is InChI=1S/C14H27NO2/c1-5-6-7-13(14(16)17-4)15-12-9-8-10(2)11(12)3/h10-13,15H,5-9H2,1-4H3. The first-order chi connectivity index (χ1) is 8.10. The van der Waals surface area contributed by atoms with Crippen LogP contribution < -0.4 is 5.32 Å². The molecule has 4 unspecified atom stereocenters. The number of hydrogen-bond acceptors (Lipinski definition) is 3. The van der Waals surface area contributed by atoms with Crippen LogP contribution in [0.25, 0.3) is 0 Å². The number of esters is 1. The average molecular weight is 241 g/mol. The quantitative estimate of drug-likeness (QED) is 0.727. The van der Waals surface area contributed by atoms with E-state index in [0.717, 1.165) is 25.2 Å². The molecular weight excluding hydrogens is 214 g/mol. The molecule has 0 radical (unpaired) electrons. The van der Waals surface area contributed by atoms with Gasteiger partial charge in [-0.3, -0.25) is 4.79 Å². The van der Waals surface area contributed by atoms with E-state index in [1.165, 1.54) is 20.0 Å². The minimum atomic E-state index is -0.113. The Morgan fingerprint density at radius 2 is 2.12 bits per heavy atom. The second-order valence-corrected chi connectivity index (χ2v) is 5.40. The predicted octanol–water partition coefficient (Wildman–Crippen LogP) is 2.74. The van der Waals surface area contributed by atoms with Crippen LogP contribution in [0.5, 0.6) is 0 Å². The van der Waals surface area contributed by atoms with Gasteiger partial charge in [0.1, 0.15) is 6.04 Å². The molecule has 0 aromatic carbocycles. The predicted molar refractivity (Wildman–Crippen MR) is 69.8 cm³/mol. The zero-order valence-electron chi connectivity index (χ0n) is 11.7. The van der Waals surface area contributed by atoms with E-state index in [9.17, 15) is 4.79 Å². The fourth-order valence-corrected chi connectivity index (χ4v) is 2.68. The number of nitrogens with one attached hydrogen (secondary N) is 1. The lowest BCUT2D eigenvalue weighted by Crippen LogP contribution is -2.45. The number of methoxy groups -OCH3 is 1. The van der Waals surface area contributed by atoms with E-state index < -0.39 is 0 Å². The number of ether oxygens (including phenoxy) is 1. The van der Waals surface area contributed by atoms with Crippen molar-refractivity contribution in [1.29, 1.82) is 0 Å². The van der Waals surface area contributed by atoms with Crippen LogP contribution in [0.1, 0.15) is 52.9 Å². The normalized spacial score (nSPS) is 30.2. The molecule has 1 rings (SSSR count). The fourth-order valence-electron chi connectivity index (χ4n) is 2.68. The summed E-state index contributed by atoms with van der Waals surface area (Å²) in [4.78, 5) is 11.7. The Labute approximate surface area is 105 Å². The van der Waals surface area contributed by atoms with Crippen LogP contribution in [0.15, 0.2) is 0 Å². The molecular formula is C14H27NO2. The van der Waals surface area contributed by atoms with Crippen molar-refractivity contribution in [3.8, 4) is 0 Å². The third-order valence-electron chi connectivity index (χ3n) is 4.21. The molecule has 0 aromatic heterocycles. The molecule has 0 heterocycles. The Morgan fingerprint density at radius 1 is 1.41 bits per heavy atom. The molecule has 0 bridgehead atoms. The average Bonchev–Trinajstić information content (AvgIpc) is 2.65. The zero-order valence-corrected chi connectivity index (χ0v) is 11.7. The van der Waals surface area contributed by atoms with Gasteiger partial charge in [0, 0.05) is 6.04 Å².